The van der Waals surface area contributed by atoms with Crippen LogP contribution in [0.15, 0.2) is 12.2 Å². The highest BCUT2D eigenvalue weighted by molar-refractivity contribution is 7.47. The molecule has 0 rings (SSSR count). The number of ether oxygens (including phenoxy) is 2. The SMILES string of the molecule is CCCCCC/C=C\CCCCCCCC(=O)OC[C@H](COP(=O)(O)OC[C@H](N)C(=O)O)OC(=O)CCCCCCCCCCCCC. The fourth-order valence-electron chi connectivity index (χ4n) is 5.00. The Labute approximate surface area is 290 Å². The molecule has 3 atom stereocenters. The first-order valence-electron chi connectivity index (χ1n) is 18.7. The van der Waals surface area contributed by atoms with Crippen LogP contribution in [0.2, 0.25) is 0 Å². The van der Waals surface area contributed by atoms with Crippen LogP contribution in [-0.2, 0) is 37.5 Å². The predicted octanol–water partition coefficient (Wildman–Crippen LogP) is 8.95. The molecule has 0 fully saturated rings. The number of nitrogens with two attached hydrogens (primary N) is 1. The van der Waals surface area contributed by atoms with Crippen molar-refractivity contribution in [2.24, 2.45) is 5.73 Å². The number of hydrogen-bond donors (Lipinski definition) is 3. The summed E-state index contributed by atoms with van der Waals surface area (Å²) < 4.78 is 32.5. The second-order valence-corrected chi connectivity index (χ2v) is 14.2. The molecule has 0 heterocycles. The average Bonchev–Trinajstić information content (AvgIpc) is 3.05. The number of hydrogen-bond acceptors (Lipinski definition) is 9. The van der Waals surface area contributed by atoms with Crippen molar-refractivity contribution in [3.05, 3.63) is 12.2 Å². The van der Waals surface area contributed by atoms with Crippen molar-refractivity contribution < 1.29 is 47.5 Å². The minimum atomic E-state index is -4.70. The maximum Gasteiger partial charge on any atom is 0.472 e. The molecule has 0 bridgehead atoms. The number of carboxylic acids is 1. The number of aliphatic carboxylic acids is 1. The van der Waals surface area contributed by atoms with Crippen molar-refractivity contribution in [3.8, 4) is 0 Å². The molecule has 0 saturated heterocycles. The summed E-state index contributed by atoms with van der Waals surface area (Å²) in [5.74, 6) is -2.39. The van der Waals surface area contributed by atoms with Crippen molar-refractivity contribution in [2.75, 3.05) is 19.8 Å². The average molecular weight is 706 g/mol. The molecule has 11 nitrogen and oxygen atoms in total. The van der Waals surface area contributed by atoms with E-state index in [0.717, 1.165) is 57.8 Å². The van der Waals surface area contributed by atoms with Gasteiger partial charge in [0, 0.05) is 12.8 Å². The molecule has 12 heteroatoms. The highest BCUT2D eigenvalue weighted by Crippen LogP contribution is 2.43. The number of unbranched alkanes of at least 4 members (excludes halogenated alkanes) is 19. The van der Waals surface area contributed by atoms with Crippen LogP contribution in [0.1, 0.15) is 168 Å². The lowest BCUT2D eigenvalue weighted by Gasteiger charge is -2.20. The molecule has 48 heavy (non-hydrogen) atoms. The molecule has 4 N–H and O–H groups in total. The van der Waals surface area contributed by atoms with E-state index in [4.69, 9.17) is 24.8 Å². The topological polar surface area (TPSA) is 172 Å². The summed E-state index contributed by atoms with van der Waals surface area (Å²) in [6.45, 7) is 2.75. The van der Waals surface area contributed by atoms with Gasteiger partial charge in [0.05, 0.1) is 13.2 Å². The Morgan fingerprint density at radius 1 is 0.625 bits per heavy atom. The van der Waals surface area contributed by atoms with Crippen molar-refractivity contribution in [2.45, 2.75) is 180 Å². The Morgan fingerprint density at radius 2 is 1.04 bits per heavy atom. The van der Waals surface area contributed by atoms with Crippen molar-refractivity contribution in [1.82, 2.24) is 0 Å². The van der Waals surface area contributed by atoms with Crippen LogP contribution in [0, 0.1) is 0 Å². The third-order valence-electron chi connectivity index (χ3n) is 8.01. The van der Waals surface area contributed by atoms with Gasteiger partial charge in [-0.2, -0.15) is 0 Å². The third-order valence-corrected chi connectivity index (χ3v) is 8.96. The molecule has 0 aliphatic rings. The molecule has 1 unspecified atom stereocenters. The maximum absolute atomic E-state index is 12.5. The zero-order valence-electron chi connectivity index (χ0n) is 30.1. The fraction of sp³-hybridized carbons (Fsp3) is 0.861. The van der Waals surface area contributed by atoms with E-state index in [0.29, 0.717) is 12.8 Å². The van der Waals surface area contributed by atoms with E-state index >= 15 is 0 Å². The molecule has 0 amide bonds. The van der Waals surface area contributed by atoms with E-state index in [-0.39, 0.29) is 19.4 Å². The van der Waals surface area contributed by atoms with Crippen molar-refractivity contribution in [1.29, 1.82) is 0 Å². The Morgan fingerprint density at radius 3 is 1.54 bits per heavy atom. The molecular weight excluding hydrogens is 637 g/mol. The molecule has 0 radical (unpaired) electrons. The van der Waals surface area contributed by atoms with E-state index in [2.05, 4.69) is 30.5 Å². The zero-order chi connectivity index (χ0) is 35.7. The highest BCUT2D eigenvalue weighted by Gasteiger charge is 2.28. The van der Waals surface area contributed by atoms with Crippen LogP contribution in [0.3, 0.4) is 0 Å². The number of rotatable bonds is 35. The van der Waals surface area contributed by atoms with Gasteiger partial charge in [-0.25, -0.2) is 4.57 Å². The molecule has 0 aromatic rings. The first-order valence-corrected chi connectivity index (χ1v) is 20.2. The van der Waals surface area contributed by atoms with Crippen LogP contribution in [0.5, 0.6) is 0 Å². The van der Waals surface area contributed by atoms with E-state index < -0.39 is 51.1 Å². The van der Waals surface area contributed by atoms with E-state index in [1.54, 1.807) is 0 Å². The van der Waals surface area contributed by atoms with Crippen LogP contribution in [0.4, 0.5) is 0 Å². The molecule has 0 aromatic carbocycles. The van der Waals surface area contributed by atoms with Crippen molar-refractivity contribution >= 4 is 25.7 Å². The Hall–Kier alpha value is -1.78. The number of allylic oxidation sites excluding steroid dienone is 2. The van der Waals surface area contributed by atoms with Gasteiger partial charge in [-0.3, -0.25) is 23.4 Å². The summed E-state index contributed by atoms with van der Waals surface area (Å²) in [6, 6.07) is -1.52. The Balaban J connectivity index is 4.45. The second kappa shape index (κ2) is 32.4. The van der Waals surface area contributed by atoms with Crippen LogP contribution in [-0.4, -0.2) is 59.9 Å². The summed E-state index contributed by atoms with van der Waals surface area (Å²) in [6.07, 6.45) is 28.5. The predicted molar refractivity (Wildman–Crippen MR) is 189 cm³/mol. The Bertz CT molecular complexity index is 885. The summed E-state index contributed by atoms with van der Waals surface area (Å²) in [5, 5.41) is 8.84. The van der Waals surface area contributed by atoms with Gasteiger partial charge in [-0.05, 0) is 38.5 Å². The minimum absolute atomic E-state index is 0.164. The van der Waals surface area contributed by atoms with Gasteiger partial charge in [-0.1, -0.05) is 129 Å². The lowest BCUT2D eigenvalue weighted by molar-refractivity contribution is -0.161. The van der Waals surface area contributed by atoms with Crippen LogP contribution in [0.25, 0.3) is 0 Å². The number of esters is 2. The zero-order valence-corrected chi connectivity index (χ0v) is 31.0. The van der Waals surface area contributed by atoms with Gasteiger partial charge < -0.3 is 25.2 Å². The van der Waals surface area contributed by atoms with E-state index in [1.165, 1.54) is 70.6 Å². The quantitative estimate of drug-likeness (QED) is 0.0249. The lowest BCUT2D eigenvalue weighted by atomic mass is 10.1. The first kappa shape index (κ1) is 46.2. The summed E-state index contributed by atoms with van der Waals surface area (Å²) in [7, 11) is -4.70. The number of carbonyl (C=O) groups is 3. The van der Waals surface area contributed by atoms with Gasteiger partial charge in [-0.15, -0.1) is 0 Å². The van der Waals surface area contributed by atoms with Gasteiger partial charge in [0.1, 0.15) is 12.6 Å². The normalized spacial score (nSPS) is 14.1. The van der Waals surface area contributed by atoms with Gasteiger partial charge in [0.2, 0.25) is 0 Å². The molecule has 0 aromatic heterocycles. The third kappa shape index (κ3) is 31.5. The van der Waals surface area contributed by atoms with E-state index in [9.17, 15) is 23.8 Å². The molecule has 0 aliphatic carbocycles. The smallest absolute Gasteiger partial charge is 0.472 e. The summed E-state index contributed by atoms with van der Waals surface area (Å²) >= 11 is 0. The van der Waals surface area contributed by atoms with Crippen molar-refractivity contribution in [3.63, 3.8) is 0 Å². The maximum atomic E-state index is 12.5. The van der Waals surface area contributed by atoms with E-state index in [1.807, 2.05) is 0 Å². The molecule has 0 saturated carbocycles. The standard InChI is InChI=1S/C36H68NO10P/c1-3-5-7-9-11-13-15-16-18-19-21-23-25-27-34(38)44-29-32(30-45-48(42,43)46-31-33(37)36(40)41)47-35(39)28-26-24-22-20-17-14-12-10-8-6-4-2/h13,15,32-33H,3-12,14,16-31,37H2,1-2H3,(H,40,41)(H,42,43)/b15-13-/t32-,33+/m1/s1. The lowest BCUT2D eigenvalue weighted by Crippen LogP contribution is -2.34. The summed E-state index contributed by atoms with van der Waals surface area (Å²) in [4.78, 5) is 45.6. The fourth-order valence-corrected chi connectivity index (χ4v) is 5.78. The largest absolute Gasteiger partial charge is 0.480 e. The first-order chi connectivity index (χ1) is 23.1. The monoisotopic (exact) mass is 705 g/mol. The van der Waals surface area contributed by atoms with Crippen LogP contribution >= 0.6 is 7.82 Å². The molecule has 0 aliphatic heterocycles. The van der Waals surface area contributed by atoms with Gasteiger partial charge in [0.15, 0.2) is 6.10 Å². The Kier molecular flexibility index (Phi) is 31.2. The highest BCUT2D eigenvalue weighted by atomic mass is 31.2. The second-order valence-electron chi connectivity index (χ2n) is 12.7. The van der Waals surface area contributed by atoms with Crippen LogP contribution < -0.4 is 5.73 Å². The minimum Gasteiger partial charge on any atom is -0.480 e. The number of carboxylic acid groups (broad SMARTS) is 1. The number of phosphoric acid groups is 1. The molecular formula is C36H68NO10P. The molecule has 282 valence electrons. The van der Waals surface area contributed by atoms with Gasteiger partial charge >= 0.3 is 25.7 Å². The number of phosphoric ester groups is 1. The molecule has 0 spiro atoms. The number of carbonyl (C=O) groups excluding carboxylic acids is 2. The van der Waals surface area contributed by atoms with Gasteiger partial charge in [0.25, 0.3) is 0 Å². The summed E-state index contributed by atoms with van der Waals surface area (Å²) in [5.41, 5.74) is 5.31.